The Morgan fingerprint density at radius 3 is 2.18 bits per heavy atom. The van der Waals surface area contributed by atoms with Crippen LogP contribution in [0.1, 0.15) is 16.7 Å². The molecule has 3 aromatic carbocycles. The summed E-state index contributed by atoms with van der Waals surface area (Å²) in [6, 6.07) is 18.6. The summed E-state index contributed by atoms with van der Waals surface area (Å²) in [5.41, 5.74) is 4.89. The molecular weight excluding hydrogens is 268 g/mol. The van der Waals surface area contributed by atoms with Gasteiger partial charge < -0.3 is 0 Å². The van der Waals surface area contributed by atoms with Crippen molar-refractivity contribution < 1.29 is 0 Å². The summed E-state index contributed by atoms with van der Waals surface area (Å²) >= 11 is 0. The number of aryl methyl sites for hydroxylation is 2. The summed E-state index contributed by atoms with van der Waals surface area (Å²) in [7, 11) is 0. The molecule has 1 heterocycles. The number of nitrogens with zero attached hydrogens (tertiary/aromatic N) is 2. The number of nitriles is 1. The third-order valence-corrected chi connectivity index (χ3v) is 4.53. The third-order valence-electron chi connectivity index (χ3n) is 4.53. The van der Waals surface area contributed by atoms with E-state index in [2.05, 4.69) is 32.0 Å². The van der Waals surface area contributed by atoms with Gasteiger partial charge in [-0.15, -0.1) is 0 Å². The lowest BCUT2D eigenvalue weighted by molar-refractivity contribution is 1.39. The van der Waals surface area contributed by atoms with Crippen LogP contribution >= 0.6 is 0 Å². The fourth-order valence-corrected chi connectivity index (χ4v) is 3.29. The van der Waals surface area contributed by atoms with E-state index in [0.717, 1.165) is 38.3 Å². The molecule has 4 rings (SSSR count). The fraction of sp³-hybridized carbons (Fsp3) is 0.100. The minimum absolute atomic E-state index is 0.729. The molecular formula is C20H14N2. The van der Waals surface area contributed by atoms with E-state index in [1.165, 1.54) is 10.9 Å². The molecule has 0 aliphatic rings. The predicted octanol–water partition coefficient (Wildman–Crippen LogP) is 5.03. The third kappa shape index (κ3) is 1.57. The number of hydrogen-bond donors (Lipinski definition) is 0. The molecule has 2 heteroatoms. The highest BCUT2D eigenvalue weighted by Gasteiger charge is 2.15. The molecule has 104 valence electrons. The molecule has 0 fully saturated rings. The second-order valence-electron chi connectivity index (χ2n) is 5.63. The summed E-state index contributed by atoms with van der Waals surface area (Å²) in [5.74, 6) is 0. The molecule has 0 bridgehead atoms. The maximum absolute atomic E-state index is 9.74. The average Bonchev–Trinajstić information content (AvgIpc) is 2.57. The van der Waals surface area contributed by atoms with Gasteiger partial charge in [0.25, 0.3) is 0 Å². The Labute approximate surface area is 128 Å². The van der Waals surface area contributed by atoms with Crippen LogP contribution in [0.3, 0.4) is 0 Å². The minimum atomic E-state index is 0.729. The number of aromatic nitrogens is 1. The lowest BCUT2D eigenvalue weighted by Crippen LogP contribution is -1.95. The van der Waals surface area contributed by atoms with Gasteiger partial charge in [0.1, 0.15) is 6.07 Å². The summed E-state index contributed by atoms with van der Waals surface area (Å²) in [6.45, 7) is 4.20. The first-order valence-corrected chi connectivity index (χ1v) is 7.33. The van der Waals surface area contributed by atoms with Gasteiger partial charge in [0.2, 0.25) is 0 Å². The molecule has 4 aromatic rings. The van der Waals surface area contributed by atoms with Crippen molar-refractivity contribution in [3.63, 3.8) is 0 Å². The maximum Gasteiger partial charge on any atom is 0.101 e. The van der Waals surface area contributed by atoms with Gasteiger partial charge in [-0.05, 0) is 36.4 Å². The molecule has 0 saturated heterocycles. The fourth-order valence-electron chi connectivity index (χ4n) is 3.29. The van der Waals surface area contributed by atoms with Crippen molar-refractivity contribution >= 4 is 32.6 Å². The number of rotatable bonds is 0. The van der Waals surface area contributed by atoms with Crippen LogP contribution < -0.4 is 0 Å². The first-order valence-electron chi connectivity index (χ1n) is 7.33. The molecule has 0 radical (unpaired) electrons. The number of hydrogen-bond acceptors (Lipinski definition) is 2. The van der Waals surface area contributed by atoms with Crippen molar-refractivity contribution in [2.24, 2.45) is 0 Å². The zero-order valence-electron chi connectivity index (χ0n) is 12.5. The van der Waals surface area contributed by atoms with Crippen LogP contribution in [0.25, 0.3) is 32.6 Å². The van der Waals surface area contributed by atoms with Crippen LogP contribution in [0.4, 0.5) is 0 Å². The highest BCUT2D eigenvalue weighted by atomic mass is 14.7. The lowest BCUT2D eigenvalue weighted by atomic mass is 9.92. The number of para-hydroxylation sites is 1. The molecule has 1 aromatic heterocycles. The molecule has 0 aliphatic heterocycles. The Balaban J connectivity index is 2.42. The van der Waals surface area contributed by atoms with Crippen molar-refractivity contribution in [1.82, 2.24) is 4.98 Å². The standard InChI is InChI=1S/C20H14N2/c1-12-13(2)19-17(11-21)15-8-5-6-10-18(15)22-20(19)16-9-4-3-7-14(12)16/h3-10H,1-2H3. The van der Waals surface area contributed by atoms with E-state index in [0.29, 0.717) is 0 Å². The second-order valence-corrected chi connectivity index (χ2v) is 5.63. The van der Waals surface area contributed by atoms with Crippen molar-refractivity contribution in [1.29, 1.82) is 5.26 Å². The number of benzene rings is 3. The van der Waals surface area contributed by atoms with Gasteiger partial charge >= 0.3 is 0 Å². The van der Waals surface area contributed by atoms with Gasteiger partial charge in [0, 0.05) is 16.2 Å². The van der Waals surface area contributed by atoms with Crippen LogP contribution in [0.5, 0.6) is 0 Å². The van der Waals surface area contributed by atoms with E-state index in [-0.39, 0.29) is 0 Å². The zero-order valence-corrected chi connectivity index (χ0v) is 12.5. The molecule has 0 N–H and O–H groups in total. The minimum Gasteiger partial charge on any atom is -0.247 e. The Morgan fingerprint density at radius 2 is 1.45 bits per heavy atom. The normalized spacial score (nSPS) is 11.1. The van der Waals surface area contributed by atoms with Crippen LogP contribution in [-0.2, 0) is 0 Å². The maximum atomic E-state index is 9.74. The molecule has 0 amide bonds. The second kappa shape index (κ2) is 4.54. The van der Waals surface area contributed by atoms with Gasteiger partial charge in [-0.1, -0.05) is 42.5 Å². The Kier molecular flexibility index (Phi) is 2.64. The van der Waals surface area contributed by atoms with E-state index in [9.17, 15) is 5.26 Å². The highest BCUT2D eigenvalue weighted by Crippen LogP contribution is 2.35. The van der Waals surface area contributed by atoms with Gasteiger partial charge in [-0.3, -0.25) is 0 Å². The van der Waals surface area contributed by atoms with E-state index in [4.69, 9.17) is 4.98 Å². The number of pyridine rings is 1. The summed E-state index contributed by atoms with van der Waals surface area (Å²) in [6.07, 6.45) is 0. The molecule has 0 aliphatic carbocycles. The van der Waals surface area contributed by atoms with Crippen molar-refractivity contribution in [2.75, 3.05) is 0 Å². The molecule has 22 heavy (non-hydrogen) atoms. The first kappa shape index (κ1) is 12.8. The summed E-state index contributed by atoms with van der Waals surface area (Å²) in [5, 5.41) is 14.0. The average molecular weight is 282 g/mol. The Bertz CT molecular complexity index is 1100. The van der Waals surface area contributed by atoms with Crippen molar-refractivity contribution in [3.05, 3.63) is 65.2 Å². The Hall–Kier alpha value is -2.92. The molecule has 0 atom stereocenters. The van der Waals surface area contributed by atoms with Crippen molar-refractivity contribution in [3.8, 4) is 6.07 Å². The van der Waals surface area contributed by atoms with Crippen molar-refractivity contribution in [2.45, 2.75) is 13.8 Å². The van der Waals surface area contributed by atoms with Gasteiger partial charge in [-0.2, -0.15) is 5.26 Å². The molecule has 0 saturated carbocycles. The largest absolute Gasteiger partial charge is 0.247 e. The summed E-state index contributed by atoms with van der Waals surface area (Å²) in [4.78, 5) is 4.87. The Morgan fingerprint density at radius 1 is 0.818 bits per heavy atom. The van der Waals surface area contributed by atoms with Crippen LogP contribution in [0.15, 0.2) is 48.5 Å². The lowest BCUT2D eigenvalue weighted by Gasteiger charge is -2.14. The first-order chi connectivity index (χ1) is 10.7. The van der Waals surface area contributed by atoms with Crippen LogP contribution in [0, 0.1) is 25.2 Å². The SMILES string of the molecule is Cc1c(C)c2c(C#N)c3ccccc3nc2c2ccccc12. The number of fused-ring (bicyclic) bond motifs is 4. The molecule has 2 nitrogen and oxygen atoms in total. The van der Waals surface area contributed by atoms with E-state index >= 15 is 0 Å². The quantitative estimate of drug-likeness (QED) is 0.335. The highest BCUT2D eigenvalue weighted by molar-refractivity contribution is 6.14. The van der Waals surface area contributed by atoms with Crippen LogP contribution in [0.2, 0.25) is 0 Å². The monoisotopic (exact) mass is 282 g/mol. The van der Waals surface area contributed by atoms with Gasteiger partial charge in [0.05, 0.1) is 16.6 Å². The smallest absolute Gasteiger partial charge is 0.101 e. The molecule has 0 spiro atoms. The van der Waals surface area contributed by atoms with Crippen LogP contribution in [-0.4, -0.2) is 4.98 Å². The van der Waals surface area contributed by atoms with E-state index < -0.39 is 0 Å². The molecule has 0 unspecified atom stereocenters. The van der Waals surface area contributed by atoms with Gasteiger partial charge in [-0.25, -0.2) is 4.98 Å². The van der Waals surface area contributed by atoms with Gasteiger partial charge in [0.15, 0.2) is 0 Å². The topological polar surface area (TPSA) is 36.7 Å². The van der Waals surface area contributed by atoms with E-state index in [1.807, 2.05) is 36.4 Å². The summed E-state index contributed by atoms with van der Waals surface area (Å²) < 4.78 is 0. The van der Waals surface area contributed by atoms with E-state index in [1.54, 1.807) is 0 Å². The predicted molar refractivity (Wildman–Crippen MR) is 90.9 cm³/mol. The zero-order chi connectivity index (χ0) is 15.3.